The van der Waals surface area contributed by atoms with E-state index < -0.39 is 0 Å². The Hall–Kier alpha value is -0.930. The lowest BCUT2D eigenvalue weighted by atomic mass is 9.86. The Morgan fingerprint density at radius 3 is 2.84 bits per heavy atom. The van der Waals surface area contributed by atoms with Crippen LogP contribution in [0.4, 0.5) is 0 Å². The molecule has 1 aromatic carbocycles. The smallest absolute Gasteiger partial charge is 0.0943 e. The normalized spacial score (nSPS) is 16.1. The predicted molar refractivity (Wildman–Crippen MR) is 82.7 cm³/mol. The SMILES string of the molecule is CC(C)(CCNC1CC1)Cc1nc2ccccc2s1. The van der Waals surface area contributed by atoms with Crippen LogP contribution < -0.4 is 5.32 Å². The van der Waals surface area contributed by atoms with Crippen LogP contribution in [0.5, 0.6) is 0 Å². The molecule has 1 heterocycles. The number of nitrogens with one attached hydrogen (secondary N) is 1. The molecule has 0 atom stereocenters. The van der Waals surface area contributed by atoms with Crippen LogP contribution in [0.1, 0.15) is 38.1 Å². The summed E-state index contributed by atoms with van der Waals surface area (Å²) in [5, 5.41) is 4.88. The maximum Gasteiger partial charge on any atom is 0.0943 e. The lowest BCUT2D eigenvalue weighted by molar-refractivity contribution is 0.325. The molecule has 0 aliphatic heterocycles. The highest BCUT2D eigenvalue weighted by Gasteiger charge is 2.24. The van der Waals surface area contributed by atoms with E-state index in [9.17, 15) is 0 Å². The van der Waals surface area contributed by atoms with Crippen molar-refractivity contribution in [2.75, 3.05) is 6.54 Å². The molecule has 0 unspecified atom stereocenters. The lowest BCUT2D eigenvalue weighted by Gasteiger charge is -2.23. The molecule has 1 aliphatic carbocycles. The minimum atomic E-state index is 0.329. The first kappa shape index (κ1) is 13.1. The second kappa shape index (κ2) is 5.22. The molecular formula is C16H22N2S. The van der Waals surface area contributed by atoms with Gasteiger partial charge in [0.25, 0.3) is 0 Å². The van der Waals surface area contributed by atoms with Gasteiger partial charge in [-0.25, -0.2) is 4.98 Å². The van der Waals surface area contributed by atoms with E-state index in [0.717, 1.165) is 24.5 Å². The van der Waals surface area contributed by atoms with Crippen molar-refractivity contribution in [2.45, 2.75) is 45.6 Å². The number of fused-ring (bicyclic) bond motifs is 1. The Morgan fingerprint density at radius 1 is 1.32 bits per heavy atom. The van der Waals surface area contributed by atoms with Crippen molar-refractivity contribution in [3.8, 4) is 0 Å². The summed E-state index contributed by atoms with van der Waals surface area (Å²) in [6.45, 7) is 5.85. The first-order valence-electron chi connectivity index (χ1n) is 7.20. The van der Waals surface area contributed by atoms with E-state index in [1.165, 1.54) is 29.0 Å². The van der Waals surface area contributed by atoms with E-state index in [4.69, 9.17) is 4.98 Å². The molecule has 1 aliphatic rings. The second-order valence-corrected chi connectivity index (χ2v) is 7.51. The van der Waals surface area contributed by atoms with Crippen molar-refractivity contribution >= 4 is 21.6 Å². The molecule has 3 heteroatoms. The minimum absolute atomic E-state index is 0.329. The number of hydrogen-bond donors (Lipinski definition) is 1. The van der Waals surface area contributed by atoms with E-state index in [1.54, 1.807) is 0 Å². The summed E-state index contributed by atoms with van der Waals surface area (Å²) in [4.78, 5) is 4.75. The van der Waals surface area contributed by atoms with Crippen molar-refractivity contribution in [1.29, 1.82) is 0 Å². The lowest BCUT2D eigenvalue weighted by Crippen LogP contribution is -2.25. The molecule has 1 fully saturated rings. The van der Waals surface area contributed by atoms with Gasteiger partial charge in [0.05, 0.1) is 15.2 Å². The number of rotatable bonds is 6. The van der Waals surface area contributed by atoms with Crippen molar-refractivity contribution in [3.05, 3.63) is 29.3 Å². The fourth-order valence-corrected chi connectivity index (χ4v) is 3.62. The highest BCUT2D eigenvalue weighted by molar-refractivity contribution is 7.18. The molecule has 0 amide bonds. The largest absolute Gasteiger partial charge is 0.314 e. The average molecular weight is 274 g/mol. The van der Waals surface area contributed by atoms with Gasteiger partial charge in [-0.1, -0.05) is 26.0 Å². The van der Waals surface area contributed by atoms with Gasteiger partial charge >= 0.3 is 0 Å². The molecule has 0 spiro atoms. The fourth-order valence-electron chi connectivity index (χ4n) is 2.40. The Balaban J connectivity index is 1.61. The zero-order valence-electron chi connectivity index (χ0n) is 11.8. The standard InChI is InChI=1S/C16H22N2S/c1-16(2,9-10-17-12-7-8-12)11-15-18-13-5-3-4-6-14(13)19-15/h3-6,12,17H,7-11H2,1-2H3. The van der Waals surface area contributed by atoms with Gasteiger partial charge in [-0.3, -0.25) is 0 Å². The average Bonchev–Trinajstić information content (AvgIpc) is 3.07. The summed E-state index contributed by atoms with van der Waals surface area (Å²) in [5.74, 6) is 0. The molecule has 1 aromatic heterocycles. The Labute approximate surface area is 119 Å². The zero-order chi connectivity index (χ0) is 13.3. The predicted octanol–water partition coefficient (Wildman–Crippen LogP) is 4.01. The summed E-state index contributed by atoms with van der Waals surface area (Å²) in [7, 11) is 0. The van der Waals surface area contributed by atoms with Gasteiger partial charge < -0.3 is 5.32 Å². The number of thiazole rings is 1. The van der Waals surface area contributed by atoms with Gasteiger partial charge in [0.1, 0.15) is 0 Å². The molecule has 1 saturated carbocycles. The van der Waals surface area contributed by atoms with E-state index >= 15 is 0 Å². The third kappa shape index (κ3) is 3.54. The topological polar surface area (TPSA) is 24.9 Å². The third-order valence-electron chi connectivity index (χ3n) is 3.78. The van der Waals surface area contributed by atoms with Crippen molar-refractivity contribution in [1.82, 2.24) is 10.3 Å². The molecule has 2 aromatic rings. The van der Waals surface area contributed by atoms with Gasteiger partial charge in [0, 0.05) is 12.5 Å². The maximum absolute atomic E-state index is 4.75. The van der Waals surface area contributed by atoms with Crippen LogP contribution in [-0.2, 0) is 6.42 Å². The monoisotopic (exact) mass is 274 g/mol. The Morgan fingerprint density at radius 2 is 2.11 bits per heavy atom. The number of para-hydroxylation sites is 1. The van der Waals surface area contributed by atoms with Gasteiger partial charge in [-0.2, -0.15) is 0 Å². The number of aromatic nitrogens is 1. The van der Waals surface area contributed by atoms with Gasteiger partial charge in [0.2, 0.25) is 0 Å². The first-order valence-corrected chi connectivity index (χ1v) is 8.02. The molecule has 0 radical (unpaired) electrons. The Bertz CT molecular complexity index is 522. The van der Waals surface area contributed by atoms with Gasteiger partial charge in [-0.05, 0) is 43.4 Å². The highest BCUT2D eigenvalue weighted by Crippen LogP contribution is 2.30. The molecule has 102 valence electrons. The van der Waals surface area contributed by atoms with E-state index in [0.29, 0.717) is 5.41 Å². The van der Waals surface area contributed by atoms with Crippen molar-refractivity contribution in [3.63, 3.8) is 0 Å². The van der Waals surface area contributed by atoms with Crippen LogP contribution >= 0.6 is 11.3 Å². The van der Waals surface area contributed by atoms with Gasteiger partial charge in [-0.15, -0.1) is 11.3 Å². The van der Waals surface area contributed by atoms with E-state index in [-0.39, 0.29) is 0 Å². The number of hydrogen-bond acceptors (Lipinski definition) is 3. The molecule has 3 rings (SSSR count). The van der Waals surface area contributed by atoms with Crippen LogP contribution in [0.2, 0.25) is 0 Å². The fraction of sp³-hybridized carbons (Fsp3) is 0.562. The highest BCUT2D eigenvalue weighted by atomic mass is 32.1. The van der Waals surface area contributed by atoms with Crippen molar-refractivity contribution in [2.24, 2.45) is 5.41 Å². The molecule has 0 saturated heterocycles. The van der Waals surface area contributed by atoms with Crippen molar-refractivity contribution < 1.29 is 0 Å². The van der Waals surface area contributed by atoms with E-state index in [2.05, 4.69) is 43.4 Å². The quantitative estimate of drug-likeness (QED) is 0.861. The minimum Gasteiger partial charge on any atom is -0.314 e. The molecule has 19 heavy (non-hydrogen) atoms. The van der Waals surface area contributed by atoms with Crippen LogP contribution in [0.25, 0.3) is 10.2 Å². The molecule has 1 N–H and O–H groups in total. The molecule has 2 nitrogen and oxygen atoms in total. The maximum atomic E-state index is 4.75. The van der Waals surface area contributed by atoms with Crippen LogP contribution in [-0.4, -0.2) is 17.6 Å². The molecular weight excluding hydrogens is 252 g/mol. The summed E-state index contributed by atoms with van der Waals surface area (Å²) >= 11 is 1.84. The summed E-state index contributed by atoms with van der Waals surface area (Å²) < 4.78 is 1.31. The van der Waals surface area contributed by atoms with Crippen LogP contribution in [0, 0.1) is 5.41 Å². The van der Waals surface area contributed by atoms with E-state index in [1.807, 2.05) is 11.3 Å². The summed E-state index contributed by atoms with van der Waals surface area (Å²) in [6.07, 6.45) is 5.05. The van der Waals surface area contributed by atoms with Crippen LogP contribution in [0.3, 0.4) is 0 Å². The Kier molecular flexibility index (Phi) is 3.59. The second-order valence-electron chi connectivity index (χ2n) is 6.39. The zero-order valence-corrected chi connectivity index (χ0v) is 12.6. The van der Waals surface area contributed by atoms with Gasteiger partial charge in [0.15, 0.2) is 0 Å². The summed E-state index contributed by atoms with van der Waals surface area (Å²) in [6, 6.07) is 9.25. The third-order valence-corrected chi connectivity index (χ3v) is 4.82. The summed E-state index contributed by atoms with van der Waals surface area (Å²) in [5.41, 5.74) is 1.48. The van der Waals surface area contributed by atoms with Crippen LogP contribution in [0.15, 0.2) is 24.3 Å². The first-order chi connectivity index (χ1) is 9.12. The molecule has 0 bridgehead atoms. The number of nitrogens with zero attached hydrogens (tertiary/aromatic N) is 1. The number of benzene rings is 1.